The number of rotatable bonds is 10. The number of hydrogen-bond acceptors (Lipinski definition) is 4. The Hall–Kier alpha value is -3.35. The minimum atomic E-state index is -1.12. The van der Waals surface area contributed by atoms with Gasteiger partial charge in [-0.15, -0.1) is 0 Å². The largest absolute Gasteiger partial charge is 0.372 e. The van der Waals surface area contributed by atoms with Gasteiger partial charge < -0.3 is 15.5 Å². The van der Waals surface area contributed by atoms with Crippen molar-refractivity contribution in [2.75, 3.05) is 29.9 Å². The highest BCUT2D eigenvalue weighted by Gasteiger charge is 2.52. The molecule has 32 heavy (non-hydrogen) atoms. The smallest absolute Gasteiger partial charge is 0.325 e. The normalized spacial score (nSPS) is 17.9. The lowest BCUT2D eigenvalue weighted by Gasteiger charge is -2.27. The molecule has 1 heterocycles. The highest BCUT2D eigenvalue weighted by atomic mass is 16.2. The van der Waals surface area contributed by atoms with Gasteiger partial charge in [-0.25, -0.2) is 4.79 Å². The van der Waals surface area contributed by atoms with Crippen LogP contribution in [0.25, 0.3) is 0 Å². The van der Waals surface area contributed by atoms with Crippen LogP contribution in [0.5, 0.6) is 0 Å². The summed E-state index contributed by atoms with van der Waals surface area (Å²) in [6.07, 6.45) is 2.16. The predicted molar refractivity (Wildman–Crippen MR) is 127 cm³/mol. The highest BCUT2D eigenvalue weighted by Crippen LogP contribution is 2.34. The minimum absolute atomic E-state index is 0.330. The van der Waals surface area contributed by atoms with Gasteiger partial charge in [-0.3, -0.25) is 14.5 Å². The first kappa shape index (κ1) is 23.3. The number of hydrogen-bond donors (Lipinski definition) is 2. The fourth-order valence-corrected chi connectivity index (χ4v) is 4.13. The van der Waals surface area contributed by atoms with E-state index in [1.54, 1.807) is 0 Å². The molecule has 1 atom stereocenters. The number of imide groups is 1. The Morgan fingerprint density at radius 2 is 1.66 bits per heavy atom. The van der Waals surface area contributed by atoms with E-state index in [0.29, 0.717) is 12.1 Å². The van der Waals surface area contributed by atoms with Gasteiger partial charge in [-0.2, -0.15) is 0 Å². The van der Waals surface area contributed by atoms with Crippen LogP contribution in [0.15, 0.2) is 54.6 Å². The molecule has 2 aromatic rings. The summed E-state index contributed by atoms with van der Waals surface area (Å²) in [6.45, 7) is 7.69. The molecule has 1 saturated heterocycles. The first-order valence-electron chi connectivity index (χ1n) is 11.3. The minimum Gasteiger partial charge on any atom is -0.372 e. The van der Waals surface area contributed by atoms with Gasteiger partial charge in [0.1, 0.15) is 12.1 Å². The lowest BCUT2D eigenvalue weighted by molar-refractivity contribution is -0.134. The Bertz CT molecular complexity index is 941. The molecule has 0 aliphatic carbocycles. The maximum atomic E-state index is 13.4. The van der Waals surface area contributed by atoms with Crippen molar-refractivity contribution >= 4 is 29.2 Å². The summed E-state index contributed by atoms with van der Waals surface area (Å²) >= 11 is 0. The van der Waals surface area contributed by atoms with Gasteiger partial charge in [-0.05, 0) is 50.1 Å². The van der Waals surface area contributed by atoms with E-state index in [1.165, 1.54) is 0 Å². The number of amides is 4. The van der Waals surface area contributed by atoms with Crippen molar-refractivity contribution in [2.45, 2.75) is 45.6 Å². The van der Waals surface area contributed by atoms with E-state index < -0.39 is 17.5 Å². The molecule has 0 aromatic heterocycles. The summed E-state index contributed by atoms with van der Waals surface area (Å²) in [7, 11) is 0. The molecule has 1 aliphatic heterocycles. The molecule has 1 fully saturated rings. The number of carbonyl (C=O) groups excluding carboxylic acids is 3. The molecule has 7 nitrogen and oxygen atoms in total. The first-order valence-corrected chi connectivity index (χ1v) is 11.3. The maximum Gasteiger partial charge on any atom is 0.325 e. The molecule has 0 radical (unpaired) electrons. The van der Waals surface area contributed by atoms with Gasteiger partial charge in [0, 0.05) is 24.5 Å². The lowest BCUT2D eigenvalue weighted by Crippen LogP contribution is -2.44. The predicted octanol–water partition coefficient (Wildman–Crippen LogP) is 4.11. The Morgan fingerprint density at radius 3 is 2.25 bits per heavy atom. The van der Waals surface area contributed by atoms with Crippen molar-refractivity contribution in [3.63, 3.8) is 0 Å². The van der Waals surface area contributed by atoms with Crippen molar-refractivity contribution in [1.82, 2.24) is 10.2 Å². The average molecular weight is 437 g/mol. The van der Waals surface area contributed by atoms with Crippen LogP contribution in [0.4, 0.5) is 16.2 Å². The van der Waals surface area contributed by atoms with Gasteiger partial charge in [0.2, 0.25) is 5.91 Å². The number of carbonyl (C=O) groups is 3. The van der Waals surface area contributed by atoms with Crippen LogP contribution in [-0.2, 0) is 15.1 Å². The number of urea groups is 1. The third-order valence-corrected chi connectivity index (χ3v) is 5.93. The summed E-state index contributed by atoms with van der Waals surface area (Å²) < 4.78 is 0. The first-order chi connectivity index (χ1) is 15.4. The fraction of sp³-hybridized carbons (Fsp3) is 0.400. The molecule has 170 valence electrons. The lowest BCUT2D eigenvalue weighted by atomic mass is 9.85. The van der Waals surface area contributed by atoms with Crippen molar-refractivity contribution in [1.29, 1.82) is 0 Å². The Morgan fingerprint density at radius 1 is 1.00 bits per heavy atom. The second-order valence-corrected chi connectivity index (χ2v) is 7.96. The molecular weight excluding hydrogens is 404 g/mol. The second-order valence-electron chi connectivity index (χ2n) is 7.96. The van der Waals surface area contributed by atoms with Crippen LogP contribution in [0.1, 0.15) is 45.6 Å². The van der Waals surface area contributed by atoms with Crippen LogP contribution >= 0.6 is 0 Å². The van der Waals surface area contributed by atoms with Crippen LogP contribution in [0, 0.1) is 0 Å². The quantitative estimate of drug-likeness (QED) is 0.549. The second kappa shape index (κ2) is 10.3. The van der Waals surface area contributed by atoms with Crippen LogP contribution in [0.3, 0.4) is 0 Å². The molecule has 0 saturated carbocycles. The van der Waals surface area contributed by atoms with Crippen molar-refractivity contribution in [2.24, 2.45) is 0 Å². The topological polar surface area (TPSA) is 81.8 Å². The number of benzene rings is 2. The van der Waals surface area contributed by atoms with Crippen LogP contribution in [0.2, 0.25) is 0 Å². The van der Waals surface area contributed by atoms with Gasteiger partial charge in [0.15, 0.2) is 0 Å². The molecule has 2 aromatic carbocycles. The van der Waals surface area contributed by atoms with E-state index in [4.69, 9.17) is 0 Å². The summed E-state index contributed by atoms with van der Waals surface area (Å²) in [6, 6.07) is 16.3. The van der Waals surface area contributed by atoms with Gasteiger partial charge in [0.25, 0.3) is 5.91 Å². The number of nitrogens with one attached hydrogen (secondary N) is 2. The van der Waals surface area contributed by atoms with E-state index in [9.17, 15) is 14.4 Å². The maximum absolute atomic E-state index is 13.4. The zero-order chi connectivity index (χ0) is 23.1. The summed E-state index contributed by atoms with van der Waals surface area (Å²) in [5.41, 5.74) is 1.31. The highest BCUT2D eigenvalue weighted by molar-refractivity contribution is 6.10. The average Bonchev–Trinajstić information content (AvgIpc) is 3.05. The van der Waals surface area contributed by atoms with Crippen molar-refractivity contribution < 1.29 is 14.4 Å². The third kappa shape index (κ3) is 4.77. The molecule has 0 spiro atoms. The molecule has 7 heteroatoms. The van der Waals surface area contributed by atoms with E-state index in [1.807, 2.05) is 61.5 Å². The molecule has 1 aliphatic rings. The zero-order valence-electron chi connectivity index (χ0n) is 19.1. The van der Waals surface area contributed by atoms with Crippen molar-refractivity contribution in [3.05, 3.63) is 60.2 Å². The molecule has 0 bridgehead atoms. The third-order valence-electron chi connectivity index (χ3n) is 5.93. The number of unbranched alkanes of at least 4 members (excludes halogenated alkanes) is 1. The summed E-state index contributed by atoms with van der Waals surface area (Å²) in [5, 5.41) is 5.66. The molecule has 3 rings (SSSR count). The van der Waals surface area contributed by atoms with Gasteiger partial charge >= 0.3 is 6.03 Å². The Kier molecular flexibility index (Phi) is 7.51. The molecule has 1 unspecified atom stereocenters. The standard InChI is InChI=1S/C25H32N4O3/c1-4-7-17-25(19-11-9-8-10-12-19)23(31)29(24(32)27-25)18-22(30)26-20-13-15-21(16-14-20)28(5-2)6-3/h8-16H,4-7,17-18H2,1-3H3,(H,26,30)(H,27,32). The molecular formula is C25H32N4O3. The van der Waals surface area contributed by atoms with Gasteiger partial charge in [0.05, 0.1) is 0 Å². The van der Waals surface area contributed by atoms with E-state index in [2.05, 4.69) is 29.4 Å². The summed E-state index contributed by atoms with van der Waals surface area (Å²) in [5.74, 6) is -0.794. The Balaban J connectivity index is 1.72. The van der Waals surface area contributed by atoms with E-state index in [-0.39, 0.29) is 12.5 Å². The SMILES string of the molecule is CCCCC1(c2ccccc2)NC(=O)N(CC(=O)Nc2ccc(N(CC)CC)cc2)C1=O. The van der Waals surface area contributed by atoms with E-state index in [0.717, 1.165) is 42.1 Å². The number of nitrogens with zero attached hydrogens (tertiary/aromatic N) is 2. The van der Waals surface area contributed by atoms with Crippen LogP contribution < -0.4 is 15.5 Å². The van der Waals surface area contributed by atoms with Gasteiger partial charge in [-0.1, -0.05) is 50.1 Å². The van der Waals surface area contributed by atoms with E-state index >= 15 is 0 Å². The monoisotopic (exact) mass is 436 g/mol. The Labute approximate surface area is 189 Å². The fourth-order valence-electron chi connectivity index (χ4n) is 4.13. The molecule has 4 amide bonds. The van der Waals surface area contributed by atoms with Crippen molar-refractivity contribution in [3.8, 4) is 0 Å². The molecule has 2 N–H and O–H groups in total. The summed E-state index contributed by atoms with van der Waals surface area (Å²) in [4.78, 5) is 42.0. The zero-order valence-corrected chi connectivity index (χ0v) is 19.1. The number of anilines is 2. The van der Waals surface area contributed by atoms with Crippen LogP contribution in [-0.4, -0.2) is 42.4 Å².